The number of hydrogen-bond acceptors (Lipinski definition) is 2. The molecule has 0 fully saturated rings. The number of para-hydroxylation sites is 1. The van der Waals surface area contributed by atoms with Crippen LogP contribution in [0.15, 0.2) is 42.6 Å². The van der Waals surface area contributed by atoms with Gasteiger partial charge in [-0.05, 0) is 43.2 Å². The first-order valence-corrected chi connectivity index (χ1v) is 6.92. The summed E-state index contributed by atoms with van der Waals surface area (Å²) in [4.78, 5) is 19.7. The molecule has 21 heavy (non-hydrogen) atoms. The van der Waals surface area contributed by atoms with Crippen LogP contribution in [0, 0.1) is 13.8 Å². The van der Waals surface area contributed by atoms with E-state index in [1.165, 1.54) is 0 Å². The maximum atomic E-state index is 12.2. The number of rotatable bonds is 3. The molecule has 4 nitrogen and oxygen atoms in total. The average Bonchev–Trinajstić information content (AvgIpc) is 2.81. The van der Waals surface area contributed by atoms with Gasteiger partial charge in [-0.2, -0.15) is 0 Å². The minimum atomic E-state index is -0.0581. The molecule has 0 unspecified atom stereocenters. The van der Waals surface area contributed by atoms with E-state index in [-0.39, 0.29) is 5.91 Å². The molecule has 3 aromatic rings. The Morgan fingerprint density at radius 2 is 2.05 bits per heavy atom. The number of nitrogens with one attached hydrogen (secondary N) is 2. The Morgan fingerprint density at radius 1 is 1.24 bits per heavy atom. The monoisotopic (exact) mass is 279 g/mol. The van der Waals surface area contributed by atoms with Gasteiger partial charge in [-0.3, -0.25) is 4.79 Å². The van der Waals surface area contributed by atoms with Crippen molar-refractivity contribution in [2.75, 3.05) is 5.32 Å². The van der Waals surface area contributed by atoms with Crippen LogP contribution < -0.4 is 5.32 Å². The third-order valence-corrected chi connectivity index (χ3v) is 3.39. The first-order chi connectivity index (χ1) is 10.1. The van der Waals surface area contributed by atoms with Crippen LogP contribution in [0.5, 0.6) is 0 Å². The third-order valence-electron chi connectivity index (χ3n) is 3.39. The second-order valence-corrected chi connectivity index (χ2v) is 5.26. The van der Waals surface area contributed by atoms with Crippen molar-refractivity contribution in [3.05, 3.63) is 59.4 Å². The number of anilines is 1. The zero-order valence-corrected chi connectivity index (χ0v) is 12.1. The molecule has 0 aliphatic heterocycles. The first kappa shape index (κ1) is 13.4. The highest BCUT2D eigenvalue weighted by Crippen LogP contribution is 2.18. The molecule has 0 bridgehead atoms. The fraction of sp³-hybridized carbons (Fsp3) is 0.176. The number of carbonyl (C=O) groups excluding carboxylic acids is 1. The minimum Gasteiger partial charge on any atom is -0.361 e. The lowest BCUT2D eigenvalue weighted by Gasteiger charge is -2.06. The molecule has 2 aromatic heterocycles. The van der Waals surface area contributed by atoms with E-state index >= 15 is 0 Å². The predicted molar refractivity (Wildman–Crippen MR) is 84.3 cm³/mol. The van der Waals surface area contributed by atoms with Gasteiger partial charge in [0.05, 0.1) is 6.42 Å². The summed E-state index contributed by atoms with van der Waals surface area (Å²) < 4.78 is 0. The Balaban J connectivity index is 1.77. The summed E-state index contributed by atoms with van der Waals surface area (Å²) in [6.07, 6.45) is 2.22. The van der Waals surface area contributed by atoms with Crippen molar-refractivity contribution in [2.45, 2.75) is 20.3 Å². The summed E-state index contributed by atoms with van der Waals surface area (Å²) in [6.45, 7) is 3.91. The lowest BCUT2D eigenvalue weighted by Crippen LogP contribution is -2.15. The number of amides is 1. The van der Waals surface area contributed by atoms with Crippen LogP contribution in [-0.4, -0.2) is 15.9 Å². The van der Waals surface area contributed by atoms with Gasteiger partial charge in [-0.25, -0.2) is 4.98 Å². The van der Waals surface area contributed by atoms with Crippen LogP contribution in [0.2, 0.25) is 0 Å². The van der Waals surface area contributed by atoms with E-state index in [0.717, 1.165) is 27.7 Å². The van der Waals surface area contributed by atoms with Gasteiger partial charge >= 0.3 is 0 Å². The van der Waals surface area contributed by atoms with E-state index in [0.29, 0.717) is 12.2 Å². The van der Waals surface area contributed by atoms with Crippen LogP contribution in [0.3, 0.4) is 0 Å². The molecule has 106 valence electrons. The summed E-state index contributed by atoms with van der Waals surface area (Å²) in [5.74, 6) is 0.551. The van der Waals surface area contributed by atoms with Gasteiger partial charge in [-0.15, -0.1) is 0 Å². The lowest BCUT2D eigenvalue weighted by molar-refractivity contribution is -0.115. The van der Waals surface area contributed by atoms with Crippen molar-refractivity contribution >= 4 is 22.6 Å². The zero-order valence-electron chi connectivity index (χ0n) is 12.1. The first-order valence-electron chi connectivity index (χ1n) is 6.92. The SMILES string of the molecule is Cc1cc(C)nc(NC(=O)Cc2c[nH]c3ccccc23)c1. The maximum absolute atomic E-state index is 12.2. The van der Waals surface area contributed by atoms with Gasteiger partial charge in [-0.1, -0.05) is 18.2 Å². The molecule has 0 saturated carbocycles. The van der Waals surface area contributed by atoms with E-state index in [9.17, 15) is 4.79 Å². The van der Waals surface area contributed by atoms with Crippen LogP contribution in [0.25, 0.3) is 10.9 Å². The van der Waals surface area contributed by atoms with Crippen LogP contribution >= 0.6 is 0 Å². The van der Waals surface area contributed by atoms with Crippen molar-refractivity contribution in [1.29, 1.82) is 0 Å². The van der Waals surface area contributed by atoms with Crippen LogP contribution in [0.1, 0.15) is 16.8 Å². The third kappa shape index (κ3) is 2.94. The molecular weight excluding hydrogens is 262 g/mol. The van der Waals surface area contributed by atoms with E-state index in [2.05, 4.69) is 15.3 Å². The van der Waals surface area contributed by atoms with Crippen molar-refractivity contribution in [3.8, 4) is 0 Å². The Kier molecular flexibility index (Phi) is 3.44. The predicted octanol–water partition coefficient (Wildman–Crippen LogP) is 3.36. The van der Waals surface area contributed by atoms with Gasteiger partial charge in [0.2, 0.25) is 5.91 Å². The lowest BCUT2D eigenvalue weighted by atomic mass is 10.1. The molecular formula is C17H17N3O. The quantitative estimate of drug-likeness (QED) is 0.772. The highest BCUT2D eigenvalue weighted by molar-refractivity contribution is 5.95. The Bertz CT molecular complexity index is 784. The number of nitrogens with zero attached hydrogens (tertiary/aromatic N) is 1. The summed E-state index contributed by atoms with van der Waals surface area (Å²) in [5, 5.41) is 3.95. The topological polar surface area (TPSA) is 57.8 Å². The number of aromatic nitrogens is 2. The number of benzene rings is 1. The molecule has 3 rings (SSSR count). The molecule has 0 spiro atoms. The molecule has 0 radical (unpaired) electrons. The van der Waals surface area contributed by atoms with Crippen molar-refractivity contribution in [3.63, 3.8) is 0 Å². The number of aromatic amines is 1. The number of aryl methyl sites for hydroxylation is 2. The van der Waals surface area contributed by atoms with Crippen LogP contribution in [-0.2, 0) is 11.2 Å². The highest BCUT2D eigenvalue weighted by atomic mass is 16.1. The number of hydrogen-bond donors (Lipinski definition) is 2. The number of H-pyrrole nitrogens is 1. The van der Waals surface area contributed by atoms with E-state index < -0.39 is 0 Å². The Labute approximate surface area is 123 Å². The van der Waals surface area contributed by atoms with Gasteiger partial charge in [0, 0.05) is 22.8 Å². The summed E-state index contributed by atoms with van der Waals surface area (Å²) in [6, 6.07) is 11.8. The fourth-order valence-electron chi connectivity index (χ4n) is 2.54. The molecule has 0 aliphatic rings. The summed E-state index contributed by atoms with van der Waals surface area (Å²) in [5.41, 5.74) is 4.03. The van der Waals surface area contributed by atoms with E-state index in [1.807, 2.05) is 56.4 Å². The molecule has 4 heteroatoms. The number of carbonyl (C=O) groups is 1. The van der Waals surface area contributed by atoms with E-state index in [1.54, 1.807) is 0 Å². The Hall–Kier alpha value is -2.62. The van der Waals surface area contributed by atoms with Crippen molar-refractivity contribution < 1.29 is 4.79 Å². The van der Waals surface area contributed by atoms with Crippen molar-refractivity contribution in [2.24, 2.45) is 0 Å². The van der Waals surface area contributed by atoms with Gasteiger partial charge in [0.1, 0.15) is 5.82 Å². The standard InChI is InChI=1S/C17H17N3O/c1-11-7-12(2)19-16(8-11)20-17(21)9-13-10-18-15-6-4-3-5-14(13)15/h3-8,10,18H,9H2,1-2H3,(H,19,20,21). The van der Waals surface area contributed by atoms with Gasteiger partial charge in [0.15, 0.2) is 0 Å². The minimum absolute atomic E-state index is 0.0581. The molecule has 0 saturated heterocycles. The second kappa shape index (κ2) is 5.40. The smallest absolute Gasteiger partial charge is 0.230 e. The summed E-state index contributed by atoms with van der Waals surface area (Å²) in [7, 11) is 0. The zero-order chi connectivity index (χ0) is 14.8. The molecule has 0 atom stereocenters. The number of pyridine rings is 1. The molecule has 1 aromatic carbocycles. The maximum Gasteiger partial charge on any atom is 0.230 e. The Morgan fingerprint density at radius 3 is 2.86 bits per heavy atom. The van der Waals surface area contributed by atoms with E-state index in [4.69, 9.17) is 0 Å². The number of fused-ring (bicyclic) bond motifs is 1. The largest absolute Gasteiger partial charge is 0.361 e. The fourth-order valence-corrected chi connectivity index (χ4v) is 2.54. The van der Waals surface area contributed by atoms with Gasteiger partial charge in [0.25, 0.3) is 0 Å². The van der Waals surface area contributed by atoms with Crippen LogP contribution in [0.4, 0.5) is 5.82 Å². The molecule has 0 aliphatic carbocycles. The molecule has 2 heterocycles. The second-order valence-electron chi connectivity index (χ2n) is 5.26. The highest BCUT2D eigenvalue weighted by Gasteiger charge is 2.09. The average molecular weight is 279 g/mol. The summed E-state index contributed by atoms with van der Waals surface area (Å²) >= 11 is 0. The van der Waals surface area contributed by atoms with Gasteiger partial charge < -0.3 is 10.3 Å². The van der Waals surface area contributed by atoms with Crippen molar-refractivity contribution in [1.82, 2.24) is 9.97 Å². The molecule has 2 N–H and O–H groups in total. The normalized spacial score (nSPS) is 10.8. The molecule has 1 amide bonds.